The molecule has 0 saturated carbocycles. The summed E-state index contributed by atoms with van der Waals surface area (Å²) >= 11 is 0. The predicted octanol–water partition coefficient (Wildman–Crippen LogP) is 4.21. The van der Waals surface area contributed by atoms with E-state index in [9.17, 15) is 4.79 Å². The molecule has 2 heterocycles. The Balaban J connectivity index is 1.74. The van der Waals surface area contributed by atoms with Crippen LogP contribution < -0.4 is 9.64 Å². The fourth-order valence-corrected chi connectivity index (χ4v) is 3.12. The number of anilines is 1. The molecule has 1 amide bonds. The summed E-state index contributed by atoms with van der Waals surface area (Å²) in [7, 11) is 0. The largest absolute Gasteiger partial charge is 0.488 e. The van der Waals surface area contributed by atoms with Crippen molar-refractivity contribution in [3.63, 3.8) is 0 Å². The smallest absolute Gasteiger partial charge is 0.280 e. The average Bonchev–Trinajstić information content (AvgIpc) is 3.07. The Morgan fingerprint density at radius 3 is 2.84 bits per heavy atom. The molecular weight excluding hydrogens is 316 g/mol. The van der Waals surface area contributed by atoms with Gasteiger partial charge in [0.2, 0.25) is 0 Å². The summed E-state index contributed by atoms with van der Waals surface area (Å²) in [6, 6.07) is 15.5. The van der Waals surface area contributed by atoms with Crippen LogP contribution in [-0.4, -0.2) is 17.6 Å². The number of amides is 1. The van der Waals surface area contributed by atoms with Crippen molar-refractivity contribution in [2.24, 2.45) is 0 Å². The summed E-state index contributed by atoms with van der Waals surface area (Å²) in [5.74, 6) is 1.18. The van der Waals surface area contributed by atoms with Gasteiger partial charge in [-0.25, -0.2) is 0 Å². The molecule has 0 fully saturated rings. The van der Waals surface area contributed by atoms with E-state index in [0.717, 1.165) is 22.6 Å². The zero-order valence-corrected chi connectivity index (χ0v) is 14.2. The number of aryl methyl sites for hydroxylation is 1. The number of carbonyl (C=O) groups is 1. The van der Waals surface area contributed by atoms with Crippen LogP contribution in [0.2, 0.25) is 0 Å². The van der Waals surface area contributed by atoms with Crippen molar-refractivity contribution in [1.29, 1.82) is 0 Å². The van der Waals surface area contributed by atoms with Crippen molar-refractivity contribution in [1.82, 2.24) is 5.16 Å². The number of benzene rings is 2. The molecule has 0 N–H and O–H groups in total. The number of hydrogen-bond donors (Lipinski definition) is 0. The van der Waals surface area contributed by atoms with Gasteiger partial charge >= 0.3 is 0 Å². The number of ether oxygens (including phenoxy) is 1. The van der Waals surface area contributed by atoms with E-state index in [1.807, 2.05) is 62.4 Å². The molecule has 0 saturated heterocycles. The van der Waals surface area contributed by atoms with Crippen molar-refractivity contribution >= 4 is 11.6 Å². The number of fused-ring (bicyclic) bond motifs is 3. The molecule has 4 rings (SSSR count). The third-order valence-corrected chi connectivity index (χ3v) is 4.37. The first-order chi connectivity index (χ1) is 12.2. The molecular formula is C20H18N2O3. The molecule has 3 aromatic rings. The lowest BCUT2D eigenvalue weighted by Gasteiger charge is -2.21. The summed E-state index contributed by atoms with van der Waals surface area (Å²) < 4.78 is 11.3. The average molecular weight is 334 g/mol. The molecule has 5 nitrogen and oxygen atoms in total. The van der Waals surface area contributed by atoms with Crippen LogP contribution in [0.3, 0.4) is 0 Å². The minimum Gasteiger partial charge on any atom is -0.488 e. The summed E-state index contributed by atoms with van der Waals surface area (Å²) in [6.07, 6.45) is 0. The quantitative estimate of drug-likeness (QED) is 0.720. The van der Waals surface area contributed by atoms with Gasteiger partial charge in [0, 0.05) is 12.2 Å². The van der Waals surface area contributed by atoms with Gasteiger partial charge in [-0.3, -0.25) is 4.79 Å². The summed E-state index contributed by atoms with van der Waals surface area (Å²) in [5, 5.41) is 4.07. The monoisotopic (exact) mass is 334 g/mol. The lowest BCUT2D eigenvalue weighted by atomic mass is 10.0. The number of nitrogens with zero attached hydrogens (tertiary/aromatic N) is 2. The third-order valence-electron chi connectivity index (χ3n) is 4.37. The van der Waals surface area contributed by atoms with Crippen molar-refractivity contribution in [3.8, 4) is 17.1 Å². The fraction of sp³-hybridized carbons (Fsp3) is 0.200. The number of para-hydroxylation sites is 1. The second kappa shape index (κ2) is 6.09. The maximum absolute atomic E-state index is 13.1. The van der Waals surface area contributed by atoms with Gasteiger partial charge < -0.3 is 14.2 Å². The Bertz CT molecular complexity index is 946. The van der Waals surface area contributed by atoms with E-state index in [0.29, 0.717) is 23.6 Å². The van der Waals surface area contributed by atoms with E-state index in [1.54, 1.807) is 4.90 Å². The SMILES string of the molecule is CCN(C(=O)c1noc2c1COc1ccccc1-2)c1cccc(C)c1. The molecule has 0 radical (unpaired) electrons. The van der Waals surface area contributed by atoms with Crippen LogP contribution in [0.1, 0.15) is 28.5 Å². The number of rotatable bonds is 3. The van der Waals surface area contributed by atoms with E-state index >= 15 is 0 Å². The molecule has 0 unspecified atom stereocenters. The van der Waals surface area contributed by atoms with Crippen molar-refractivity contribution in [3.05, 3.63) is 65.4 Å². The van der Waals surface area contributed by atoms with Gasteiger partial charge in [0.1, 0.15) is 12.4 Å². The zero-order valence-electron chi connectivity index (χ0n) is 14.2. The van der Waals surface area contributed by atoms with Crippen LogP contribution in [0.4, 0.5) is 5.69 Å². The van der Waals surface area contributed by atoms with Crippen molar-refractivity contribution in [2.45, 2.75) is 20.5 Å². The summed E-state index contributed by atoms with van der Waals surface area (Å²) in [4.78, 5) is 14.8. The highest BCUT2D eigenvalue weighted by Gasteiger charge is 2.31. The molecule has 5 heteroatoms. The molecule has 1 aliphatic heterocycles. The van der Waals surface area contributed by atoms with Gasteiger partial charge in [0.25, 0.3) is 5.91 Å². The fourth-order valence-electron chi connectivity index (χ4n) is 3.12. The van der Waals surface area contributed by atoms with Crippen LogP contribution in [-0.2, 0) is 6.61 Å². The van der Waals surface area contributed by atoms with E-state index in [1.165, 1.54) is 0 Å². The normalized spacial score (nSPS) is 12.1. The second-order valence-corrected chi connectivity index (χ2v) is 6.01. The lowest BCUT2D eigenvalue weighted by Crippen LogP contribution is -2.32. The molecule has 0 spiro atoms. The van der Waals surface area contributed by atoms with Gasteiger partial charge in [0.05, 0.1) is 11.1 Å². The molecule has 25 heavy (non-hydrogen) atoms. The maximum Gasteiger partial charge on any atom is 0.280 e. The van der Waals surface area contributed by atoms with Gasteiger partial charge in [-0.05, 0) is 43.7 Å². The van der Waals surface area contributed by atoms with Gasteiger partial charge in [-0.15, -0.1) is 0 Å². The predicted molar refractivity (Wildman–Crippen MR) is 94.8 cm³/mol. The standard InChI is InChI=1S/C20H18N2O3/c1-3-22(14-8-6-7-13(2)11-14)20(23)18-16-12-24-17-10-5-4-9-15(17)19(16)25-21-18/h4-11H,3,12H2,1-2H3. The van der Waals surface area contributed by atoms with Gasteiger partial charge in [-0.1, -0.05) is 29.4 Å². The highest BCUT2D eigenvalue weighted by atomic mass is 16.5. The molecule has 0 atom stereocenters. The Labute approximate surface area is 145 Å². The molecule has 126 valence electrons. The van der Waals surface area contributed by atoms with Gasteiger partial charge in [-0.2, -0.15) is 0 Å². The number of hydrogen-bond acceptors (Lipinski definition) is 4. The first-order valence-corrected chi connectivity index (χ1v) is 8.28. The first-order valence-electron chi connectivity index (χ1n) is 8.28. The minimum absolute atomic E-state index is 0.180. The van der Waals surface area contributed by atoms with Gasteiger partial charge in [0.15, 0.2) is 11.5 Å². The topological polar surface area (TPSA) is 55.6 Å². The number of aromatic nitrogens is 1. The van der Waals surface area contributed by atoms with E-state index in [2.05, 4.69) is 5.16 Å². The molecule has 1 aliphatic rings. The maximum atomic E-state index is 13.1. The van der Waals surface area contributed by atoms with Crippen LogP contribution in [0.15, 0.2) is 53.1 Å². The summed E-state index contributed by atoms with van der Waals surface area (Å²) in [6.45, 7) is 4.77. The van der Waals surface area contributed by atoms with Crippen LogP contribution >= 0.6 is 0 Å². The second-order valence-electron chi connectivity index (χ2n) is 6.01. The molecule has 1 aromatic heterocycles. The molecule has 0 aliphatic carbocycles. The van der Waals surface area contributed by atoms with Crippen LogP contribution in [0.25, 0.3) is 11.3 Å². The zero-order chi connectivity index (χ0) is 17.4. The minimum atomic E-state index is -0.180. The highest BCUT2D eigenvalue weighted by molar-refractivity contribution is 6.06. The first kappa shape index (κ1) is 15.4. The third kappa shape index (κ3) is 2.58. The summed E-state index contributed by atoms with van der Waals surface area (Å²) in [5.41, 5.74) is 3.79. The molecule has 0 bridgehead atoms. The Morgan fingerprint density at radius 1 is 1.20 bits per heavy atom. The number of carbonyl (C=O) groups excluding carboxylic acids is 1. The van der Waals surface area contributed by atoms with E-state index in [-0.39, 0.29) is 12.5 Å². The Hall–Kier alpha value is -3.08. The van der Waals surface area contributed by atoms with Crippen molar-refractivity contribution in [2.75, 3.05) is 11.4 Å². The van der Waals surface area contributed by atoms with E-state index < -0.39 is 0 Å². The van der Waals surface area contributed by atoms with Crippen LogP contribution in [0, 0.1) is 6.92 Å². The van der Waals surface area contributed by atoms with Crippen LogP contribution in [0.5, 0.6) is 5.75 Å². The molecule has 2 aromatic carbocycles. The van der Waals surface area contributed by atoms with Crippen molar-refractivity contribution < 1.29 is 14.1 Å². The Morgan fingerprint density at radius 2 is 2.04 bits per heavy atom. The highest BCUT2D eigenvalue weighted by Crippen LogP contribution is 2.39. The Kier molecular flexibility index (Phi) is 3.76. The lowest BCUT2D eigenvalue weighted by molar-refractivity contribution is 0.0977. The van der Waals surface area contributed by atoms with E-state index in [4.69, 9.17) is 9.26 Å².